The highest BCUT2D eigenvalue weighted by Gasteiger charge is 2.37. The van der Waals surface area contributed by atoms with Crippen molar-refractivity contribution in [2.75, 3.05) is 19.8 Å². The highest BCUT2D eigenvalue weighted by Crippen LogP contribution is 2.23. The van der Waals surface area contributed by atoms with E-state index in [1.165, 1.54) is 5.56 Å². The number of halogens is 1. The zero-order chi connectivity index (χ0) is 16.5. The average Bonchev–Trinajstić information content (AvgIpc) is 2.92. The minimum atomic E-state index is -0.593. The van der Waals surface area contributed by atoms with Gasteiger partial charge < -0.3 is 39.1 Å². The molecule has 2 atom stereocenters. The van der Waals surface area contributed by atoms with Crippen LogP contribution < -0.4 is 29.3 Å². The van der Waals surface area contributed by atoms with Gasteiger partial charge in [-0.3, -0.25) is 0 Å². The van der Waals surface area contributed by atoms with Crippen LogP contribution in [-0.4, -0.2) is 35.7 Å². The summed E-state index contributed by atoms with van der Waals surface area (Å²) in [7, 11) is 0. The number of hydrogen-bond acceptors (Lipinski definition) is 3. The molecule has 1 aromatic carbocycles. The molecule has 0 spiro atoms. The Balaban J connectivity index is 0.00000288. The molecule has 0 aliphatic carbocycles. The number of nitrogens with one attached hydrogen (secondary N) is 1. The molecule has 0 saturated heterocycles. The van der Waals surface area contributed by atoms with Crippen molar-refractivity contribution < 1.29 is 38.3 Å². The molecule has 1 heterocycles. The minimum absolute atomic E-state index is 0. The number of nitrogens with zero attached hydrogens (tertiary/aromatic N) is 1. The summed E-state index contributed by atoms with van der Waals surface area (Å²) in [4.78, 5) is 0. The summed E-state index contributed by atoms with van der Waals surface area (Å²) in [6, 6.07) is 8.33. The van der Waals surface area contributed by atoms with Crippen LogP contribution >= 0.6 is 0 Å². The third-order valence-electron chi connectivity index (χ3n) is 4.30. The fourth-order valence-corrected chi connectivity index (χ4v) is 2.83. The molecule has 2 rings (SSSR count). The minimum Gasteiger partial charge on any atom is -1.00 e. The van der Waals surface area contributed by atoms with Crippen molar-refractivity contribution in [1.29, 1.82) is 0 Å². The maximum absolute atomic E-state index is 10.4. The lowest BCUT2D eigenvalue weighted by Crippen LogP contribution is -3.00. The topological polar surface area (TPSA) is 41.5 Å². The Kier molecular flexibility index (Phi) is 9.58. The summed E-state index contributed by atoms with van der Waals surface area (Å²) in [6.45, 7) is 9.13. The molecule has 5 heteroatoms. The Morgan fingerprint density at radius 1 is 1.25 bits per heavy atom. The second-order valence-electron chi connectivity index (χ2n) is 6.11. The predicted molar refractivity (Wildman–Crippen MR) is 94.0 cm³/mol. The number of ether oxygens (including phenoxy) is 1. The fraction of sp³-hybridized carbons (Fsp3) is 0.474. The van der Waals surface area contributed by atoms with Crippen molar-refractivity contribution >= 4 is 6.08 Å². The van der Waals surface area contributed by atoms with Gasteiger partial charge in [-0.1, -0.05) is 50.3 Å². The number of quaternary nitrogens is 1. The number of aliphatic hydroxyl groups excluding tert-OH is 1. The molecule has 2 N–H and O–H groups in total. The van der Waals surface area contributed by atoms with E-state index in [0.717, 1.165) is 51.1 Å². The van der Waals surface area contributed by atoms with Gasteiger partial charge in [0.15, 0.2) is 0 Å². The molecule has 134 valence electrons. The van der Waals surface area contributed by atoms with E-state index in [1.807, 2.05) is 12.3 Å². The maximum atomic E-state index is 10.4. The summed E-state index contributed by atoms with van der Waals surface area (Å²) >= 11 is 0. The monoisotopic (exact) mass is 444 g/mol. The summed E-state index contributed by atoms with van der Waals surface area (Å²) in [5.74, 6) is 0. The Morgan fingerprint density at radius 2 is 1.96 bits per heavy atom. The molecule has 0 saturated carbocycles. The first-order valence-electron chi connectivity index (χ1n) is 8.47. The summed E-state index contributed by atoms with van der Waals surface area (Å²) in [5.41, 5.74) is 2.31. The molecule has 1 aromatic rings. The number of unbranched alkanes of at least 4 members (excludes halogenated alkanes) is 1. The van der Waals surface area contributed by atoms with Crippen LogP contribution in [0.4, 0.5) is 0 Å². The van der Waals surface area contributed by atoms with E-state index in [9.17, 15) is 5.11 Å². The van der Waals surface area contributed by atoms with Crippen LogP contribution in [0, 0.1) is 0 Å². The van der Waals surface area contributed by atoms with Gasteiger partial charge in [0.25, 0.3) is 6.35 Å². The molecule has 0 amide bonds. The van der Waals surface area contributed by atoms with Crippen molar-refractivity contribution in [2.45, 2.75) is 39.1 Å². The van der Waals surface area contributed by atoms with Crippen LogP contribution in [0.5, 0.6) is 0 Å². The van der Waals surface area contributed by atoms with Gasteiger partial charge in [-0.25, -0.2) is 4.48 Å². The number of rotatable bonds is 10. The summed E-state index contributed by atoms with van der Waals surface area (Å²) < 4.78 is 6.15. The van der Waals surface area contributed by atoms with Crippen LogP contribution in [0.25, 0.3) is 6.08 Å². The van der Waals surface area contributed by atoms with Gasteiger partial charge in [-0.05, 0) is 12.0 Å². The Hall–Kier alpha value is -0.890. The first-order valence-corrected chi connectivity index (χ1v) is 8.47. The van der Waals surface area contributed by atoms with Gasteiger partial charge in [0.05, 0.1) is 19.4 Å². The highest BCUT2D eigenvalue weighted by atomic mass is 127. The second-order valence-corrected chi connectivity index (χ2v) is 6.11. The quantitative estimate of drug-likeness (QED) is 0.308. The van der Waals surface area contributed by atoms with E-state index in [1.54, 1.807) is 0 Å². The Bertz CT molecular complexity index is 519. The zero-order valence-corrected chi connectivity index (χ0v) is 16.6. The van der Waals surface area contributed by atoms with Gasteiger partial charge >= 0.3 is 0 Å². The molecule has 4 nitrogen and oxygen atoms in total. The predicted octanol–water partition coefficient (Wildman–Crippen LogP) is 0.208. The van der Waals surface area contributed by atoms with Crippen LogP contribution in [0.2, 0.25) is 0 Å². The van der Waals surface area contributed by atoms with Crippen LogP contribution in [0.15, 0.2) is 43.2 Å². The van der Waals surface area contributed by atoms with E-state index in [-0.39, 0.29) is 24.0 Å². The van der Waals surface area contributed by atoms with Crippen LogP contribution in [0.1, 0.15) is 37.3 Å². The van der Waals surface area contributed by atoms with E-state index in [0.29, 0.717) is 4.48 Å². The molecule has 1 aliphatic heterocycles. The van der Waals surface area contributed by atoms with Crippen LogP contribution in [0.3, 0.4) is 0 Å². The average molecular weight is 444 g/mol. The van der Waals surface area contributed by atoms with E-state index in [2.05, 4.69) is 49.3 Å². The van der Waals surface area contributed by atoms with Gasteiger partial charge in [-0.15, -0.1) is 0 Å². The Labute approximate surface area is 162 Å². The lowest BCUT2D eigenvalue weighted by Gasteiger charge is -2.34. The SMILES string of the molecule is C=Cc1ccc(C[N+]2(CCCOCCCC)C=CNC2O)cc1.[I-]. The number of benzene rings is 1. The van der Waals surface area contributed by atoms with Crippen molar-refractivity contribution in [1.82, 2.24) is 5.32 Å². The molecule has 0 fully saturated rings. The normalized spacial score (nSPS) is 22.0. The van der Waals surface area contributed by atoms with Gasteiger partial charge in [0.2, 0.25) is 0 Å². The third kappa shape index (κ3) is 5.88. The van der Waals surface area contributed by atoms with E-state index >= 15 is 0 Å². The van der Waals surface area contributed by atoms with Crippen LogP contribution in [-0.2, 0) is 11.3 Å². The molecule has 0 aromatic heterocycles. The summed E-state index contributed by atoms with van der Waals surface area (Å²) in [5, 5.41) is 13.4. The molecule has 1 aliphatic rings. The van der Waals surface area contributed by atoms with Crippen molar-refractivity contribution in [3.8, 4) is 0 Å². The van der Waals surface area contributed by atoms with Crippen molar-refractivity contribution in [2.24, 2.45) is 0 Å². The molecule has 2 unspecified atom stereocenters. The first kappa shape index (κ1) is 21.2. The maximum Gasteiger partial charge on any atom is 0.276 e. The third-order valence-corrected chi connectivity index (χ3v) is 4.30. The molecule has 24 heavy (non-hydrogen) atoms. The highest BCUT2D eigenvalue weighted by molar-refractivity contribution is 5.47. The molecular formula is C19H29IN2O2. The lowest BCUT2D eigenvalue weighted by molar-refractivity contribution is -0.935. The molecular weight excluding hydrogens is 415 g/mol. The van der Waals surface area contributed by atoms with E-state index in [4.69, 9.17) is 4.74 Å². The van der Waals surface area contributed by atoms with Crippen molar-refractivity contribution in [3.05, 3.63) is 54.4 Å². The zero-order valence-electron chi connectivity index (χ0n) is 14.5. The standard InChI is InChI=1S/C19H29N2O2.HI/c1-3-5-14-23-15-6-12-21(13-11-20-19(21)22)16-18-9-7-17(4-2)8-10-18;/h4,7-11,13,19-20,22H,2-3,5-6,12,14-16H2,1H3;1H/q+1;/p-1. The molecule has 0 radical (unpaired) electrons. The second kappa shape index (κ2) is 10.9. The van der Waals surface area contributed by atoms with Gasteiger partial charge in [-0.2, -0.15) is 0 Å². The lowest BCUT2D eigenvalue weighted by atomic mass is 10.1. The smallest absolute Gasteiger partial charge is 0.276 e. The van der Waals surface area contributed by atoms with E-state index < -0.39 is 6.35 Å². The molecule has 0 bridgehead atoms. The van der Waals surface area contributed by atoms with Gasteiger partial charge in [0.1, 0.15) is 12.7 Å². The van der Waals surface area contributed by atoms with Crippen molar-refractivity contribution in [3.63, 3.8) is 0 Å². The number of hydrogen-bond donors (Lipinski definition) is 2. The Morgan fingerprint density at radius 3 is 2.54 bits per heavy atom. The number of aliphatic hydroxyl groups is 1. The first-order chi connectivity index (χ1) is 11.2. The summed E-state index contributed by atoms with van der Waals surface area (Å²) in [6.07, 6.45) is 8.35. The largest absolute Gasteiger partial charge is 1.00 e. The van der Waals surface area contributed by atoms with Gasteiger partial charge in [0, 0.05) is 18.6 Å². The fourth-order valence-electron chi connectivity index (χ4n) is 2.83.